The van der Waals surface area contributed by atoms with E-state index in [1.165, 1.54) is 0 Å². The first-order chi connectivity index (χ1) is 8.51. The fraction of sp³-hybridized carbons (Fsp3) is 0.273. The molecule has 1 aliphatic heterocycles. The van der Waals surface area contributed by atoms with Crippen molar-refractivity contribution in [1.82, 2.24) is 4.90 Å². The maximum absolute atomic E-state index is 13.0. The van der Waals surface area contributed by atoms with Gasteiger partial charge in [-0.05, 0) is 12.1 Å². The van der Waals surface area contributed by atoms with Gasteiger partial charge in [0.2, 0.25) is 0 Å². The third-order valence-corrected chi connectivity index (χ3v) is 2.75. The Labute approximate surface area is 100 Å². The molecule has 0 saturated heterocycles. The van der Waals surface area contributed by atoms with Gasteiger partial charge in [0.1, 0.15) is 0 Å². The van der Waals surface area contributed by atoms with E-state index < -0.39 is 42.7 Å². The highest BCUT2D eigenvalue weighted by atomic mass is 19.2. The van der Waals surface area contributed by atoms with E-state index in [0.29, 0.717) is 17.0 Å². The zero-order chi connectivity index (χ0) is 13.4. The minimum Gasteiger partial charge on any atom is -0.394 e. The van der Waals surface area contributed by atoms with Crippen molar-refractivity contribution in [2.24, 2.45) is 0 Å². The highest BCUT2D eigenvalue weighted by Crippen LogP contribution is 2.26. The van der Waals surface area contributed by atoms with E-state index in [0.717, 1.165) is 0 Å². The Morgan fingerprint density at radius 3 is 1.72 bits per heavy atom. The van der Waals surface area contributed by atoms with Gasteiger partial charge in [-0.2, -0.15) is 0 Å². The summed E-state index contributed by atoms with van der Waals surface area (Å²) in [7, 11) is 0. The van der Waals surface area contributed by atoms with Crippen molar-refractivity contribution in [2.75, 3.05) is 13.2 Å². The summed E-state index contributed by atoms with van der Waals surface area (Å²) in [6.45, 7) is -1.26. The molecule has 0 atom stereocenters. The van der Waals surface area contributed by atoms with E-state index in [2.05, 4.69) is 0 Å². The van der Waals surface area contributed by atoms with E-state index in [4.69, 9.17) is 10.2 Å². The summed E-state index contributed by atoms with van der Waals surface area (Å²) in [6, 6.07) is 0.150. The van der Waals surface area contributed by atoms with Crippen molar-refractivity contribution in [2.45, 2.75) is 6.04 Å². The summed E-state index contributed by atoms with van der Waals surface area (Å²) in [6.07, 6.45) is 0. The fourth-order valence-electron chi connectivity index (χ4n) is 1.81. The van der Waals surface area contributed by atoms with Crippen molar-refractivity contribution < 1.29 is 28.6 Å². The molecule has 7 heteroatoms. The van der Waals surface area contributed by atoms with Crippen molar-refractivity contribution in [3.8, 4) is 0 Å². The van der Waals surface area contributed by atoms with Crippen LogP contribution < -0.4 is 0 Å². The summed E-state index contributed by atoms with van der Waals surface area (Å²) in [4.78, 5) is 24.2. The molecule has 0 unspecified atom stereocenters. The van der Waals surface area contributed by atoms with Crippen molar-refractivity contribution in [1.29, 1.82) is 0 Å². The molecule has 5 nitrogen and oxygen atoms in total. The first-order valence-electron chi connectivity index (χ1n) is 5.10. The normalized spacial score (nSPS) is 14.6. The predicted octanol–water partition coefficient (Wildman–Crippen LogP) is -0.0860. The number of carbonyl (C=O) groups excluding carboxylic acids is 2. The average molecular weight is 257 g/mol. The summed E-state index contributed by atoms with van der Waals surface area (Å²) in [5.41, 5.74) is -0.545. The van der Waals surface area contributed by atoms with Gasteiger partial charge in [-0.1, -0.05) is 0 Å². The van der Waals surface area contributed by atoms with Gasteiger partial charge in [-0.15, -0.1) is 0 Å². The molecule has 1 aromatic rings. The number of hydrogen-bond donors (Lipinski definition) is 2. The van der Waals surface area contributed by atoms with Gasteiger partial charge in [0, 0.05) is 0 Å². The molecule has 2 rings (SSSR count). The zero-order valence-electron chi connectivity index (χ0n) is 9.06. The highest BCUT2D eigenvalue weighted by Gasteiger charge is 2.40. The lowest BCUT2D eigenvalue weighted by molar-refractivity contribution is 0.0418. The number of halogens is 2. The number of imide groups is 1. The van der Waals surface area contributed by atoms with Crippen molar-refractivity contribution >= 4 is 11.8 Å². The standard InChI is InChI=1S/C11H9F2NO4/c12-8-1-6-7(2-9(8)13)11(18)14(10(6)17)5(3-15)4-16/h1-2,5,15-16H,3-4H2. The topological polar surface area (TPSA) is 77.8 Å². The maximum Gasteiger partial charge on any atom is 0.262 e. The largest absolute Gasteiger partial charge is 0.394 e. The van der Waals surface area contributed by atoms with Crippen LogP contribution in [0.1, 0.15) is 20.7 Å². The number of aliphatic hydroxyl groups excluding tert-OH is 2. The number of aliphatic hydroxyl groups is 2. The van der Waals surface area contributed by atoms with Crippen molar-refractivity contribution in [3.05, 3.63) is 34.9 Å². The molecule has 0 spiro atoms. The Hall–Kier alpha value is -1.86. The first kappa shape index (κ1) is 12.6. The van der Waals surface area contributed by atoms with Gasteiger partial charge in [-0.25, -0.2) is 8.78 Å². The molecule has 0 saturated carbocycles. The summed E-state index contributed by atoms with van der Waals surface area (Å²) in [5.74, 6) is -4.19. The zero-order valence-corrected chi connectivity index (χ0v) is 9.06. The lowest BCUT2D eigenvalue weighted by atomic mass is 10.1. The number of benzene rings is 1. The smallest absolute Gasteiger partial charge is 0.262 e. The molecule has 1 heterocycles. The molecular weight excluding hydrogens is 248 g/mol. The van der Waals surface area contributed by atoms with Gasteiger partial charge >= 0.3 is 0 Å². The SMILES string of the molecule is O=C1c2cc(F)c(F)cc2C(=O)N1C(CO)CO. The monoisotopic (exact) mass is 257 g/mol. The molecule has 96 valence electrons. The molecule has 0 radical (unpaired) electrons. The molecule has 0 bridgehead atoms. The Bertz CT molecular complexity index is 487. The van der Waals surface area contributed by atoms with Crippen LogP contribution in [0, 0.1) is 11.6 Å². The molecule has 2 amide bonds. The van der Waals surface area contributed by atoms with Crippen LogP contribution in [-0.2, 0) is 0 Å². The minimum absolute atomic E-state index is 0.272. The number of hydrogen-bond acceptors (Lipinski definition) is 4. The van der Waals surface area contributed by atoms with Crippen LogP contribution in [0.3, 0.4) is 0 Å². The number of carbonyl (C=O) groups is 2. The second-order valence-electron chi connectivity index (χ2n) is 3.81. The lowest BCUT2D eigenvalue weighted by Crippen LogP contribution is -2.44. The third kappa shape index (κ3) is 1.68. The number of fused-ring (bicyclic) bond motifs is 1. The van der Waals surface area contributed by atoms with E-state index in [9.17, 15) is 18.4 Å². The van der Waals surface area contributed by atoms with Gasteiger partial charge < -0.3 is 10.2 Å². The Balaban J connectivity index is 2.50. The van der Waals surface area contributed by atoms with E-state index in [-0.39, 0.29) is 11.1 Å². The van der Waals surface area contributed by atoms with Gasteiger partial charge in [0.05, 0.1) is 30.4 Å². The van der Waals surface area contributed by atoms with Crippen molar-refractivity contribution in [3.63, 3.8) is 0 Å². The predicted molar refractivity (Wildman–Crippen MR) is 54.8 cm³/mol. The second-order valence-corrected chi connectivity index (χ2v) is 3.81. The molecule has 2 N–H and O–H groups in total. The first-order valence-corrected chi connectivity index (χ1v) is 5.10. The van der Waals surface area contributed by atoms with E-state index in [1.807, 2.05) is 0 Å². The van der Waals surface area contributed by atoms with Gasteiger partial charge in [0.15, 0.2) is 11.6 Å². The molecule has 1 aliphatic rings. The van der Waals surface area contributed by atoms with Crippen LogP contribution in [0.25, 0.3) is 0 Å². The van der Waals surface area contributed by atoms with Gasteiger partial charge in [-0.3, -0.25) is 14.5 Å². The Morgan fingerprint density at radius 1 is 1.00 bits per heavy atom. The fourth-order valence-corrected chi connectivity index (χ4v) is 1.81. The van der Waals surface area contributed by atoms with Crippen LogP contribution in [0.15, 0.2) is 12.1 Å². The van der Waals surface area contributed by atoms with Crippen LogP contribution >= 0.6 is 0 Å². The summed E-state index contributed by atoms with van der Waals surface area (Å²) in [5, 5.41) is 17.9. The van der Waals surface area contributed by atoms with Crippen LogP contribution in [0.4, 0.5) is 8.78 Å². The summed E-state index contributed by atoms with van der Waals surface area (Å²) >= 11 is 0. The molecule has 18 heavy (non-hydrogen) atoms. The quantitative estimate of drug-likeness (QED) is 0.742. The molecule has 0 fully saturated rings. The van der Waals surface area contributed by atoms with E-state index in [1.54, 1.807) is 0 Å². The Kier molecular flexibility index (Phi) is 3.10. The van der Waals surface area contributed by atoms with Crippen LogP contribution in [0.5, 0.6) is 0 Å². The van der Waals surface area contributed by atoms with Gasteiger partial charge in [0.25, 0.3) is 11.8 Å². The Morgan fingerprint density at radius 2 is 1.39 bits per heavy atom. The minimum atomic E-state index is -1.23. The number of rotatable bonds is 3. The summed E-state index contributed by atoms with van der Waals surface area (Å²) < 4.78 is 26.0. The second kappa shape index (κ2) is 4.43. The molecule has 0 aliphatic carbocycles. The molecule has 1 aromatic carbocycles. The number of amides is 2. The molecular formula is C11H9F2NO4. The van der Waals surface area contributed by atoms with Crippen LogP contribution in [-0.4, -0.2) is 46.2 Å². The van der Waals surface area contributed by atoms with E-state index >= 15 is 0 Å². The number of nitrogens with zero attached hydrogens (tertiary/aromatic N) is 1. The maximum atomic E-state index is 13.0. The molecule has 0 aromatic heterocycles. The average Bonchev–Trinajstić information content (AvgIpc) is 2.57. The highest BCUT2D eigenvalue weighted by molar-refractivity contribution is 6.21. The van der Waals surface area contributed by atoms with Crippen LogP contribution in [0.2, 0.25) is 0 Å². The third-order valence-electron chi connectivity index (χ3n) is 2.75. The lowest BCUT2D eigenvalue weighted by Gasteiger charge is -2.21.